The van der Waals surface area contributed by atoms with Crippen LogP contribution in [0.1, 0.15) is 11.3 Å². The second-order valence-electron chi connectivity index (χ2n) is 5.01. The van der Waals surface area contributed by atoms with Crippen LogP contribution in [-0.4, -0.2) is 30.4 Å². The van der Waals surface area contributed by atoms with Gasteiger partial charge in [0.1, 0.15) is 24.1 Å². The summed E-state index contributed by atoms with van der Waals surface area (Å²) in [5.41, 5.74) is 6.42. The molecule has 136 valence electrons. The van der Waals surface area contributed by atoms with E-state index >= 15 is 0 Å². The number of aliphatic hydroxyl groups excluding tert-OH is 1. The third-order valence-electron chi connectivity index (χ3n) is 3.41. The normalized spacial score (nSPS) is 10.9. The quantitative estimate of drug-likeness (QED) is 0.675. The zero-order valence-corrected chi connectivity index (χ0v) is 13.6. The molecule has 1 aromatic carbocycles. The topological polar surface area (TPSA) is 114 Å². The fourth-order valence-corrected chi connectivity index (χ4v) is 2.26. The van der Waals surface area contributed by atoms with Crippen molar-refractivity contribution in [3.8, 4) is 23.1 Å². The van der Waals surface area contributed by atoms with Gasteiger partial charge in [0.05, 0.1) is 23.6 Å². The van der Waals surface area contributed by atoms with Crippen LogP contribution in [0.2, 0.25) is 0 Å². The van der Waals surface area contributed by atoms with Crippen LogP contribution >= 0.6 is 0 Å². The molecule has 7 nitrogen and oxygen atoms in total. The summed E-state index contributed by atoms with van der Waals surface area (Å²) in [5, 5.41) is 23.9. The van der Waals surface area contributed by atoms with Gasteiger partial charge in [-0.15, -0.1) is 0 Å². The van der Waals surface area contributed by atoms with Crippen molar-refractivity contribution in [1.82, 2.24) is 4.98 Å². The molecule has 26 heavy (non-hydrogen) atoms. The maximum absolute atomic E-state index is 13.3. The van der Waals surface area contributed by atoms with E-state index in [1.165, 1.54) is 19.2 Å². The van der Waals surface area contributed by atoms with Crippen LogP contribution in [0.4, 0.5) is 24.5 Å². The van der Waals surface area contributed by atoms with Crippen molar-refractivity contribution < 1.29 is 23.0 Å². The molecule has 2 aromatic rings. The van der Waals surface area contributed by atoms with Crippen molar-refractivity contribution in [3.05, 3.63) is 35.5 Å². The second kappa shape index (κ2) is 7.79. The van der Waals surface area contributed by atoms with Gasteiger partial charge in [-0.3, -0.25) is 0 Å². The van der Waals surface area contributed by atoms with Crippen LogP contribution in [-0.2, 0) is 6.18 Å². The SMILES string of the molecule is CNc1cc(-c2ccc(OCCO)c(C(F)(F)F)c2)nc(C#N)c1N=N. The Bertz CT molecular complexity index is 862. The Morgan fingerprint density at radius 3 is 2.65 bits per heavy atom. The van der Waals surface area contributed by atoms with Crippen LogP contribution in [0, 0.1) is 16.9 Å². The first-order valence-electron chi connectivity index (χ1n) is 7.31. The van der Waals surface area contributed by atoms with E-state index in [1.54, 1.807) is 6.07 Å². The van der Waals surface area contributed by atoms with Gasteiger partial charge in [0.15, 0.2) is 5.69 Å². The van der Waals surface area contributed by atoms with Gasteiger partial charge in [0.2, 0.25) is 0 Å². The first kappa shape index (κ1) is 19.1. The number of pyridine rings is 1. The Labute approximate surface area is 146 Å². The molecular formula is C16H14F3N5O2. The molecular weight excluding hydrogens is 351 g/mol. The third kappa shape index (κ3) is 3.89. The Hall–Kier alpha value is -3.19. The smallest absolute Gasteiger partial charge is 0.419 e. The predicted molar refractivity (Wildman–Crippen MR) is 86.3 cm³/mol. The van der Waals surface area contributed by atoms with Crippen molar-refractivity contribution >= 4 is 11.4 Å². The Morgan fingerprint density at radius 1 is 1.38 bits per heavy atom. The van der Waals surface area contributed by atoms with Crippen LogP contribution in [0.3, 0.4) is 0 Å². The summed E-state index contributed by atoms with van der Waals surface area (Å²) in [4.78, 5) is 3.99. The molecule has 0 saturated carbocycles. The van der Waals surface area contributed by atoms with Crippen molar-refractivity contribution in [3.63, 3.8) is 0 Å². The second-order valence-corrected chi connectivity index (χ2v) is 5.01. The minimum Gasteiger partial charge on any atom is -0.491 e. The van der Waals surface area contributed by atoms with E-state index in [0.717, 1.165) is 12.1 Å². The van der Waals surface area contributed by atoms with E-state index in [1.807, 2.05) is 0 Å². The highest BCUT2D eigenvalue weighted by molar-refractivity contribution is 5.76. The molecule has 0 atom stereocenters. The lowest BCUT2D eigenvalue weighted by atomic mass is 10.0. The van der Waals surface area contributed by atoms with Crippen LogP contribution in [0.5, 0.6) is 5.75 Å². The molecule has 1 heterocycles. The van der Waals surface area contributed by atoms with Gasteiger partial charge in [-0.1, -0.05) is 0 Å². The number of benzene rings is 1. The molecule has 0 aliphatic rings. The van der Waals surface area contributed by atoms with E-state index in [2.05, 4.69) is 15.4 Å². The van der Waals surface area contributed by atoms with Crippen LogP contribution in [0.25, 0.3) is 11.3 Å². The number of hydrogen-bond donors (Lipinski definition) is 3. The Balaban J connectivity index is 2.62. The predicted octanol–water partition coefficient (Wildman–Crippen LogP) is 3.71. The lowest BCUT2D eigenvalue weighted by molar-refractivity contribution is -0.139. The van der Waals surface area contributed by atoms with Gasteiger partial charge >= 0.3 is 6.18 Å². The summed E-state index contributed by atoms with van der Waals surface area (Å²) in [7, 11) is 1.53. The average molecular weight is 365 g/mol. The number of hydrogen-bond acceptors (Lipinski definition) is 7. The van der Waals surface area contributed by atoms with Crippen LogP contribution < -0.4 is 10.1 Å². The van der Waals surface area contributed by atoms with Crippen molar-refractivity contribution in [2.45, 2.75) is 6.18 Å². The van der Waals surface area contributed by atoms with Crippen molar-refractivity contribution in [2.24, 2.45) is 5.11 Å². The summed E-state index contributed by atoms with van der Waals surface area (Å²) >= 11 is 0. The van der Waals surface area contributed by atoms with Gasteiger partial charge in [0, 0.05) is 12.6 Å². The summed E-state index contributed by atoms with van der Waals surface area (Å²) in [6.45, 7) is -0.696. The highest BCUT2D eigenvalue weighted by Gasteiger charge is 2.35. The summed E-state index contributed by atoms with van der Waals surface area (Å²) in [5.74, 6) is -0.414. The highest BCUT2D eigenvalue weighted by Crippen LogP contribution is 2.39. The number of anilines is 1. The minimum atomic E-state index is -4.68. The zero-order chi connectivity index (χ0) is 19.3. The molecule has 0 radical (unpaired) electrons. The van der Waals surface area contributed by atoms with Gasteiger partial charge in [0.25, 0.3) is 0 Å². The first-order chi connectivity index (χ1) is 12.3. The standard InChI is InChI=1S/C16H14F3N5O2/c1-22-12-7-11(23-13(8-20)15(12)24-21)9-2-3-14(26-5-4-25)10(6-9)16(17,18)19/h2-3,6-7,21,25H,4-5H2,1H3,(H,22,23). The highest BCUT2D eigenvalue weighted by atomic mass is 19.4. The number of nitrogens with one attached hydrogen (secondary N) is 2. The molecule has 0 unspecified atom stereocenters. The number of aromatic nitrogens is 1. The number of nitrogens with zero attached hydrogens (tertiary/aromatic N) is 3. The Morgan fingerprint density at radius 2 is 2.12 bits per heavy atom. The number of halogens is 3. The molecule has 10 heteroatoms. The number of ether oxygens (including phenoxy) is 1. The van der Waals surface area contributed by atoms with E-state index in [-0.39, 0.29) is 34.9 Å². The average Bonchev–Trinajstić information content (AvgIpc) is 2.64. The largest absolute Gasteiger partial charge is 0.491 e. The summed E-state index contributed by atoms with van der Waals surface area (Å²) in [6.07, 6.45) is -4.68. The summed E-state index contributed by atoms with van der Waals surface area (Å²) < 4.78 is 44.9. The molecule has 1 aromatic heterocycles. The van der Waals surface area contributed by atoms with E-state index in [9.17, 15) is 13.2 Å². The fraction of sp³-hybridized carbons (Fsp3) is 0.250. The first-order valence-corrected chi connectivity index (χ1v) is 7.31. The molecule has 3 N–H and O–H groups in total. The van der Waals surface area contributed by atoms with Gasteiger partial charge in [-0.2, -0.15) is 23.5 Å². The lowest BCUT2D eigenvalue weighted by Gasteiger charge is -2.15. The monoisotopic (exact) mass is 365 g/mol. The van der Waals surface area contributed by atoms with Crippen molar-refractivity contribution in [2.75, 3.05) is 25.6 Å². The zero-order valence-electron chi connectivity index (χ0n) is 13.6. The van der Waals surface area contributed by atoms with E-state index < -0.39 is 24.1 Å². The molecule has 2 rings (SSSR count). The molecule has 0 spiro atoms. The van der Waals surface area contributed by atoms with Crippen LogP contribution in [0.15, 0.2) is 29.4 Å². The Kier molecular flexibility index (Phi) is 5.74. The number of nitriles is 1. The van der Waals surface area contributed by atoms with Gasteiger partial charge in [-0.05, 0) is 24.3 Å². The molecule has 0 bridgehead atoms. The minimum absolute atomic E-state index is 0.00214. The van der Waals surface area contributed by atoms with E-state index in [4.69, 9.17) is 20.6 Å². The molecule has 0 aliphatic carbocycles. The lowest BCUT2D eigenvalue weighted by Crippen LogP contribution is -2.11. The number of alkyl halides is 3. The molecule has 0 saturated heterocycles. The third-order valence-corrected chi connectivity index (χ3v) is 3.41. The molecule has 0 amide bonds. The van der Waals surface area contributed by atoms with Gasteiger partial charge < -0.3 is 15.2 Å². The fourth-order valence-electron chi connectivity index (χ4n) is 2.26. The number of aliphatic hydroxyl groups is 1. The van der Waals surface area contributed by atoms with Crippen molar-refractivity contribution in [1.29, 1.82) is 10.8 Å². The molecule has 0 aliphatic heterocycles. The van der Waals surface area contributed by atoms with Gasteiger partial charge in [-0.25, -0.2) is 10.5 Å². The maximum atomic E-state index is 13.3. The molecule has 0 fully saturated rings. The maximum Gasteiger partial charge on any atom is 0.419 e. The summed E-state index contributed by atoms with van der Waals surface area (Å²) in [6, 6.07) is 6.52. The van der Waals surface area contributed by atoms with E-state index in [0.29, 0.717) is 0 Å². The number of rotatable bonds is 6.